The number of aryl methyl sites for hydroxylation is 1. The number of ether oxygens (including phenoxy) is 1. The molecule has 27 heavy (non-hydrogen) atoms. The smallest absolute Gasteiger partial charge is 0.309 e. The summed E-state index contributed by atoms with van der Waals surface area (Å²) in [7, 11) is 0. The summed E-state index contributed by atoms with van der Waals surface area (Å²) in [5.41, 5.74) is 2.85. The Balaban J connectivity index is 1.58. The molecule has 6 heteroatoms. The Hall–Kier alpha value is -2.47. The number of nitrogens with zero attached hydrogens (tertiary/aromatic N) is 1. The van der Waals surface area contributed by atoms with Crippen LogP contribution in [0.2, 0.25) is 0 Å². The minimum Gasteiger partial charge on any atom is -0.489 e. The molecule has 2 aromatic carbocycles. The molecule has 0 amide bonds. The van der Waals surface area contributed by atoms with Crippen LogP contribution in [0.15, 0.2) is 42.5 Å². The Morgan fingerprint density at radius 3 is 2.63 bits per heavy atom. The predicted molar refractivity (Wildman–Crippen MR) is 97.9 cm³/mol. The van der Waals surface area contributed by atoms with Gasteiger partial charge in [0.1, 0.15) is 12.4 Å². The molecular formula is C21H23F2NO3. The lowest BCUT2D eigenvalue weighted by Gasteiger charge is -2.36. The first kappa shape index (κ1) is 19.3. The zero-order valence-electron chi connectivity index (χ0n) is 15.4. The highest BCUT2D eigenvalue weighted by molar-refractivity contribution is 5.71. The summed E-state index contributed by atoms with van der Waals surface area (Å²) in [6.45, 7) is 4.94. The first-order chi connectivity index (χ1) is 12.7. The van der Waals surface area contributed by atoms with E-state index in [2.05, 4.69) is 4.90 Å². The average Bonchev–Trinajstić information content (AvgIpc) is 2.56. The number of hydrogen-bond acceptors (Lipinski definition) is 3. The molecule has 1 aliphatic heterocycles. The second kappa shape index (κ2) is 7.64. The molecule has 0 bridgehead atoms. The van der Waals surface area contributed by atoms with Crippen LogP contribution >= 0.6 is 0 Å². The van der Waals surface area contributed by atoms with E-state index in [4.69, 9.17) is 9.84 Å². The lowest BCUT2D eigenvalue weighted by atomic mass is 9.98. The molecule has 0 spiro atoms. The van der Waals surface area contributed by atoms with E-state index >= 15 is 0 Å². The molecule has 1 aliphatic rings. The van der Waals surface area contributed by atoms with Crippen LogP contribution in [0.4, 0.5) is 8.78 Å². The number of benzene rings is 2. The minimum atomic E-state index is -2.87. The number of halogens is 2. The van der Waals surface area contributed by atoms with Crippen LogP contribution < -0.4 is 4.74 Å². The minimum absolute atomic E-state index is 0.0238. The lowest BCUT2D eigenvalue weighted by Crippen LogP contribution is -2.49. The zero-order valence-corrected chi connectivity index (χ0v) is 15.4. The number of hydrogen-bond donors (Lipinski definition) is 1. The molecule has 1 N–H and O–H groups in total. The lowest BCUT2D eigenvalue weighted by molar-refractivity contribution is -0.147. The number of likely N-dealkylation sites (tertiary alicyclic amines) is 1. The van der Waals surface area contributed by atoms with Crippen molar-refractivity contribution in [3.8, 4) is 5.75 Å². The molecular weight excluding hydrogens is 352 g/mol. The number of aliphatic carboxylic acids is 1. The van der Waals surface area contributed by atoms with Gasteiger partial charge in [0, 0.05) is 32.1 Å². The number of carboxylic acid groups (broad SMARTS) is 1. The van der Waals surface area contributed by atoms with Gasteiger partial charge in [-0.25, -0.2) is 8.78 Å². The highest BCUT2D eigenvalue weighted by Gasteiger charge is 2.32. The SMILES string of the molecule is Cc1cc(OCc2cccc(C(C)(F)F)c2)ccc1CN1CC(C(=O)O)C1. The van der Waals surface area contributed by atoms with Gasteiger partial charge in [0.2, 0.25) is 0 Å². The molecule has 3 rings (SSSR count). The van der Waals surface area contributed by atoms with Crippen LogP contribution in [0.5, 0.6) is 5.75 Å². The molecule has 1 heterocycles. The van der Waals surface area contributed by atoms with E-state index in [-0.39, 0.29) is 18.1 Å². The van der Waals surface area contributed by atoms with Crippen molar-refractivity contribution in [1.82, 2.24) is 4.90 Å². The normalized spacial score (nSPS) is 15.4. The van der Waals surface area contributed by atoms with Crippen LogP contribution in [0.25, 0.3) is 0 Å². The molecule has 144 valence electrons. The van der Waals surface area contributed by atoms with E-state index in [9.17, 15) is 13.6 Å². The number of carboxylic acids is 1. The van der Waals surface area contributed by atoms with Crippen molar-refractivity contribution < 1.29 is 23.4 Å². The molecule has 1 saturated heterocycles. The number of rotatable bonds is 7. The Morgan fingerprint density at radius 1 is 1.26 bits per heavy atom. The highest BCUT2D eigenvalue weighted by atomic mass is 19.3. The quantitative estimate of drug-likeness (QED) is 0.788. The van der Waals surface area contributed by atoms with Gasteiger partial charge in [0.05, 0.1) is 5.92 Å². The van der Waals surface area contributed by atoms with Crippen molar-refractivity contribution in [2.24, 2.45) is 5.92 Å². The van der Waals surface area contributed by atoms with Crippen LogP contribution in [0.1, 0.15) is 29.2 Å². The van der Waals surface area contributed by atoms with Gasteiger partial charge in [-0.1, -0.05) is 24.3 Å². The molecule has 0 unspecified atom stereocenters. The van der Waals surface area contributed by atoms with Gasteiger partial charge >= 0.3 is 5.97 Å². The number of alkyl halides is 2. The summed E-state index contributed by atoms with van der Waals surface area (Å²) in [6, 6.07) is 12.0. The summed E-state index contributed by atoms with van der Waals surface area (Å²) in [5.74, 6) is -3.20. The van der Waals surface area contributed by atoms with Crippen molar-refractivity contribution >= 4 is 5.97 Å². The van der Waals surface area contributed by atoms with Crippen LogP contribution in [0, 0.1) is 12.8 Å². The Bertz CT molecular complexity index is 826. The third-order valence-corrected chi connectivity index (χ3v) is 4.85. The van der Waals surface area contributed by atoms with Crippen molar-refractivity contribution in [3.05, 3.63) is 64.7 Å². The standard InChI is InChI=1S/C21H23F2NO3/c1-14-8-19(7-6-16(14)10-24-11-17(12-24)20(25)26)27-13-15-4-3-5-18(9-15)21(2,22)23/h3-9,17H,10-13H2,1-2H3,(H,25,26). The van der Waals surface area contributed by atoms with Gasteiger partial charge in [-0.05, 0) is 41.8 Å². The third kappa shape index (κ3) is 4.83. The van der Waals surface area contributed by atoms with E-state index in [0.29, 0.717) is 30.9 Å². The van der Waals surface area contributed by atoms with Gasteiger partial charge in [-0.3, -0.25) is 9.69 Å². The molecule has 0 saturated carbocycles. The third-order valence-electron chi connectivity index (χ3n) is 4.85. The zero-order chi connectivity index (χ0) is 19.6. The largest absolute Gasteiger partial charge is 0.489 e. The van der Waals surface area contributed by atoms with Gasteiger partial charge in [0.15, 0.2) is 0 Å². The maximum absolute atomic E-state index is 13.4. The summed E-state index contributed by atoms with van der Waals surface area (Å²) >= 11 is 0. The van der Waals surface area contributed by atoms with E-state index in [0.717, 1.165) is 18.1 Å². The summed E-state index contributed by atoms with van der Waals surface area (Å²) in [4.78, 5) is 13.0. The summed E-state index contributed by atoms with van der Waals surface area (Å²) in [6.07, 6.45) is 0. The summed E-state index contributed by atoms with van der Waals surface area (Å²) in [5, 5.41) is 8.94. The Labute approximate surface area is 157 Å². The van der Waals surface area contributed by atoms with Gasteiger partial charge < -0.3 is 9.84 Å². The number of carbonyl (C=O) groups is 1. The average molecular weight is 375 g/mol. The topological polar surface area (TPSA) is 49.8 Å². The molecule has 0 atom stereocenters. The maximum atomic E-state index is 13.4. The predicted octanol–water partition coefficient (Wildman–Crippen LogP) is 4.20. The van der Waals surface area contributed by atoms with E-state index in [1.807, 2.05) is 25.1 Å². The molecule has 0 aliphatic carbocycles. The molecule has 1 fully saturated rings. The second-order valence-electron chi connectivity index (χ2n) is 7.19. The molecule has 0 radical (unpaired) electrons. The van der Waals surface area contributed by atoms with Crippen molar-refractivity contribution in [2.75, 3.05) is 13.1 Å². The van der Waals surface area contributed by atoms with E-state index in [1.54, 1.807) is 12.1 Å². The fourth-order valence-electron chi connectivity index (χ4n) is 3.13. The van der Waals surface area contributed by atoms with Crippen LogP contribution in [-0.4, -0.2) is 29.1 Å². The maximum Gasteiger partial charge on any atom is 0.309 e. The van der Waals surface area contributed by atoms with Gasteiger partial charge in [0.25, 0.3) is 5.92 Å². The monoisotopic (exact) mass is 375 g/mol. The molecule has 2 aromatic rings. The highest BCUT2D eigenvalue weighted by Crippen LogP contribution is 2.28. The first-order valence-corrected chi connectivity index (χ1v) is 8.87. The van der Waals surface area contributed by atoms with Crippen LogP contribution in [-0.2, 0) is 23.9 Å². The van der Waals surface area contributed by atoms with E-state index < -0.39 is 11.9 Å². The molecule has 0 aromatic heterocycles. The van der Waals surface area contributed by atoms with Gasteiger partial charge in [-0.2, -0.15) is 0 Å². The fourth-order valence-corrected chi connectivity index (χ4v) is 3.13. The van der Waals surface area contributed by atoms with Crippen molar-refractivity contribution in [3.63, 3.8) is 0 Å². The Kier molecular flexibility index (Phi) is 5.46. The second-order valence-corrected chi connectivity index (χ2v) is 7.19. The Morgan fingerprint density at radius 2 is 2.00 bits per heavy atom. The first-order valence-electron chi connectivity index (χ1n) is 8.87. The molecule has 4 nitrogen and oxygen atoms in total. The van der Waals surface area contributed by atoms with Gasteiger partial charge in [-0.15, -0.1) is 0 Å². The van der Waals surface area contributed by atoms with Crippen LogP contribution in [0.3, 0.4) is 0 Å². The fraction of sp³-hybridized carbons (Fsp3) is 0.381. The van der Waals surface area contributed by atoms with Crippen molar-refractivity contribution in [1.29, 1.82) is 0 Å². The van der Waals surface area contributed by atoms with Crippen molar-refractivity contribution in [2.45, 2.75) is 32.9 Å². The summed E-state index contributed by atoms with van der Waals surface area (Å²) < 4.78 is 32.6. The van der Waals surface area contributed by atoms with E-state index in [1.165, 1.54) is 12.1 Å².